The lowest BCUT2D eigenvalue weighted by Crippen LogP contribution is -2.50. The number of carbonyl (C=O) groups excluding carboxylic acids is 12. The number of nitrogens with one attached hydrogen (secondary N) is 4. The van der Waals surface area contributed by atoms with Crippen molar-refractivity contribution < 1.29 is 76.5 Å². The Morgan fingerprint density at radius 1 is 0.254 bits per heavy atom. The van der Waals surface area contributed by atoms with Crippen LogP contribution in [0, 0.1) is 5.92 Å². The van der Waals surface area contributed by atoms with Crippen molar-refractivity contribution >= 4 is 71.5 Å². The summed E-state index contributed by atoms with van der Waals surface area (Å²) in [4.78, 5) is 178. The first kappa shape index (κ1) is 113. The second kappa shape index (κ2) is 63.5. The summed E-state index contributed by atoms with van der Waals surface area (Å²) in [6.45, 7) is 36.9. The molecule has 0 aromatic carbocycles. The molecule has 0 aromatic heterocycles. The largest absolute Gasteiger partial charge is 0.444 e. The SMILES string of the molecule is CCCN(CCC)C(=O)CN(CCCN(CC(=O)C(CCNC(=O)OC(C)(C)C)CCNC(=O)OC(C)(C)C)CC(=O)N(CCNC(=O)OC(C)(C)C)CCNC(=O)OC(C)(C)C)CC(=O)N(CCC)CCC.NCCN(CCN)C(=O)CN(CCCN(CC(=O)N(CCN)CCN)CC(=O)N(CCN)CCN)CC(=O)N(CCN)CCN. The van der Waals surface area contributed by atoms with Gasteiger partial charge >= 0.3 is 24.4 Å². The number of nitrogens with two attached hydrogens (primary N) is 8. The van der Waals surface area contributed by atoms with E-state index in [0.29, 0.717) is 111 Å². The number of alkyl carbamates (subject to hydrolysis) is 4. The van der Waals surface area contributed by atoms with Gasteiger partial charge < -0.3 is 120 Å². The number of nitrogens with zero attached hydrogens (tertiary/aromatic N) is 11. The average molecular weight is 1690 g/mol. The predicted molar refractivity (Wildman–Crippen MR) is 459 cm³/mol. The van der Waals surface area contributed by atoms with Gasteiger partial charge in [0.1, 0.15) is 28.2 Å². The Morgan fingerprint density at radius 3 is 0.619 bits per heavy atom. The summed E-state index contributed by atoms with van der Waals surface area (Å²) < 4.78 is 21.6. The molecule has 0 aliphatic carbocycles. The van der Waals surface area contributed by atoms with Gasteiger partial charge in [-0.05, 0) is 134 Å². The average Bonchev–Trinajstić information content (AvgIpc) is 0.883. The third-order valence-electron chi connectivity index (χ3n) is 17.3. The highest BCUT2D eigenvalue weighted by atomic mass is 16.6. The van der Waals surface area contributed by atoms with E-state index in [2.05, 4.69) is 21.3 Å². The fourth-order valence-electron chi connectivity index (χ4n) is 12.1. The van der Waals surface area contributed by atoms with E-state index in [1.54, 1.807) is 117 Å². The Kier molecular flexibility index (Phi) is 60.6. The van der Waals surface area contributed by atoms with Crippen molar-refractivity contribution in [2.45, 2.75) is 185 Å². The molecule has 0 fully saturated rings. The van der Waals surface area contributed by atoms with Crippen molar-refractivity contribution in [2.24, 2.45) is 51.8 Å². The zero-order chi connectivity index (χ0) is 90.0. The lowest BCUT2D eigenvalue weighted by molar-refractivity contribution is -0.137. The van der Waals surface area contributed by atoms with Gasteiger partial charge in [-0.1, -0.05) is 27.7 Å². The van der Waals surface area contributed by atoms with Crippen molar-refractivity contribution in [3.8, 4) is 0 Å². The molecule has 0 aliphatic rings. The van der Waals surface area contributed by atoms with Gasteiger partial charge in [0.05, 0.1) is 52.4 Å². The second-order valence-corrected chi connectivity index (χ2v) is 33.0. The molecule has 0 spiro atoms. The Morgan fingerprint density at radius 2 is 0.432 bits per heavy atom. The minimum absolute atomic E-state index is 0.0101. The summed E-state index contributed by atoms with van der Waals surface area (Å²) in [5.41, 5.74) is 42.6. The second-order valence-electron chi connectivity index (χ2n) is 33.0. The quantitative estimate of drug-likeness (QED) is 0.0330. The molecular weight excluding hydrogens is 1530 g/mol. The minimum atomic E-state index is -0.760. The van der Waals surface area contributed by atoms with Gasteiger partial charge in [-0.15, -0.1) is 0 Å². The molecule has 0 rings (SSSR count). The van der Waals surface area contributed by atoms with E-state index in [9.17, 15) is 57.5 Å². The molecule has 0 saturated heterocycles. The highest BCUT2D eigenvalue weighted by Crippen LogP contribution is 2.16. The first-order valence-electron chi connectivity index (χ1n) is 42.3. The minimum Gasteiger partial charge on any atom is -0.444 e. The molecule has 0 bridgehead atoms. The van der Waals surface area contributed by atoms with Crippen LogP contribution in [0.15, 0.2) is 0 Å². The van der Waals surface area contributed by atoms with Crippen LogP contribution in [-0.2, 0) is 57.3 Å². The monoisotopic (exact) mass is 1690 g/mol. The van der Waals surface area contributed by atoms with Gasteiger partial charge in [0.25, 0.3) is 0 Å². The van der Waals surface area contributed by atoms with Crippen LogP contribution < -0.4 is 67.1 Å². The lowest BCUT2D eigenvalue weighted by Gasteiger charge is -2.31. The molecule has 20 N–H and O–H groups in total. The van der Waals surface area contributed by atoms with Crippen LogP contribution in [0.5, 0.6) is 0 Å². The van der Waals surface area contributed by atoms with E-state index in [-0.39, 0.29) is 205 Å². The molecule has 39 nitrogen and oxygen atoms in total. The molecule has 0 radical (unpaired) electrons. The third kappa shape index (κ3) is 56.9. The van der Waals surface area contributed by atoms with E-state index >= 15 is 0 Å². The number of ether oxygens (including phenoxy) is 4. The fourth-order valence-corrected chi connectivity index (χ4v) is 12.1. The van der Waals surface area contributed by atoms with E-state index in [4.69, 9.17) is 64.8 Å². The van der Waals surface area contributed by atoms with Crippen LogP contribution in [0.25, 0.3) is 0 Å². The van der Waals surface area contributed by atoms with Crippen molar-refractivity contribution in [1.29, 1.82) is 0 Å². The highest BCUT2D eigenvalue weighted by molar-refractivity contribution is 5.86. The van der Waals surface area contributed by atoms with Gasteiger partial charge in [-0.25, -0.2) is 19.2 Å². The summed E-state index contributed by atoms with van der Waals surface area (Å²) in [5.74, 6) is -2.37. The zero-order valence-electron chi connectivity index (χ0n) is 75.2. The summed E-state index contributed by atoms with van der Waals surface area (Å²) >= 11 is 0. The molecule has 0 atom stereocenters. The maximum atomic E-state index is 14.5. The van der Waals surface area contributed by atoms with Gasteiger partial charge in [-0.3, -0.25) is 58.0 Å². The number of hydrogen-bond acceptors (Lipinski definition) is 28. The summed E-state index contributed by atoms with van der Waals surface area (Å²) in [6, 6.07) is 0. The van der Waals surface area contributed by atoms with E-state index < -0.39 is 58.6 Å². The summed E-state index contributed by atoms with van der Waals surface area (Å²) in [5, 5.41) is 10.8. The number of carbonyl (C=O) groups is 12. The molecule has 0 aliphatic heterocycles. The molecule has 0 saturated carbocycles. The summed E-state index contributed by atoms with van der Waals surface area (Å²) in [7, 11) is 0. The first-order chi connectivity index (χ1) is 55.5. The lowest BCUT2D eigenvalue weighted by atomic mass is 9.95. The van der Waals surface area contributed by atoms with Crippen molar-refractivity contribution in [2.75, 3.05) is 249 Å². The van der Waals surface area contributed by atoms with Crippen LogP contribution >= 0.6 is 0 Å². The van der Waals surface area contributed by atoms with Crippen molar-refractivity contribution in [1.82, 2.24) is 75.2 Å². The molecule has 0 aromatic rings. The number of Topliss-reactive ketones (excluding diaryl/α,β-unsaturated/α-hetero) is 1. The molecule has 0 heterocycles. The number of ketones is 1. The first-order valence-corrected chi connectivity index (χ1v) is 42.3. The van der Waals surface area contributed by atoms with E-state index in [1.807, 2.05) is 42.4 Å². The van der Waals surface area contributed by atoms with Gasteiger partial charge in [0.2, 0.25) is 41.4 Å². The Bertz CT molecular complexity index is 2520. The van der Waals surface area contributed by atoms with Gasteiger partial charge in [-0.2, -0.15) is 0 Å². The number of hydrogen-bond donors (Lipinski definition) is 12. The van der Waals surface area contributed by atoms with Crippen molar-refractivity contribution in [3.63, 3.8) is 0 Å². The molecule has 0 unspecified atom stereocenters. The topological polar surface area (TPSA) is 534 Å². The molecular formula is C79H161N23O16. The van der Waals surface area contributed by atoms with Crippen LogP contribution in [0.2, 0.25) is 0 Å². The maximum Gasteiger partial charge on any atom is 0.407 e. The standard InChI is InChI=1S/C52H99N9O12.C27H62N14O4/c1-17-28-59(29-18-2)42(63)38-58(39-43(64)60(30-19-3)31-20-4)33-21-32-57(36-41(62)40(22-24-53-45(66)70-49(5,6)7)23-25-54-46(67)71-50(8,9)10)37-44(65)61(34-26-55-47(68)72-51(11,12)13)35-27-56-48(69)73-52(14,15)16;28-2-12-38(13-3-29)24(42)20-36(21-25(43)39(14-4-30)15-5-31)10-1-11-37(22-26(44)40(16-6-32)17-7-33)23-27(45)41(18-8-34)19-9-35/h40H,17-39H2,1-16H3,(H,53,66)(H,54,67)(H,55,68)(H,56,69);1-23,28-35H2. The third-order valence-corrected chi connectivity index (χ3v) is 17.3. The predicted octanol–water partition coefficient (Wildman–Crippen LogP) is -0.865. The number of amides is 11. The Balaban J connectivity index is 0. The molecule has 688 valence electrons. The molecule has 11 amide bonds. The Hall–Kier alpha value is -7.44. The highest BCUT2D eigenvalue weighted by Gasteiger charge is 2.31. The summed E-state index contributed by atoms with van der Waals surface area (Å²) in [6.07, 6.45) is 1.65. The fraction of sp³-hybridized carbons (Fsp3) is 0.848. The number of rotatable bonds is 61. The zero-order valence-corrected chi connectivity index (χ0v) is 75.2. The normalized spacial score (nSPS) is 11.7. The van der Waals surface area contributed by atoms with Crippen LogP contribution in [-0.4, -0.2) is 397 Å². The van der Waals surface area contributed by atoms with Gasteiger partial charge in [0.15, 0.2) is 0 Å². The van der Waals surface area contributed by atoms with Crippen LogP contribution in [0.3, 0.4) is 0 Å². The van der Waals surface area contributed by atoms with Crippen molar-refractivity contribution in [3.05, 3.63) is 0 Å². The van der Waals surface area contributed by atoms with Crippen LogP contribution in [0.1, 0.15) is 162 Å². The molecule has 118 heavy (non-hydrogen) atoms. The van der Waals surface area contributed by atoms with Crippen LogP contribution in [0.4, 0.5) is 19.2 Å². The van der Waals surface area contributed by atoms with E-state index in [1.165, 1.54) is 4.90 Å². The Labute approximate surface area is 705 Å². The molecule has 39 heteroatoms. The van der Waals surface area contributed by atoms with Gasteiger partial charge in [0, 0.05) is 202 Å². The smallest absolute Gasteiger partial charge is 0.407 e. The van der Waals surface area contributed by atoms with E-state index in [0.717, 1.165) is 25.7 Å². The maximum absolute atomic E-state index is 14.5.